The fourth-order valence-corrected chi connectivity index (χ4v) is 4.86. The molecule has 5 nitrogen and oxygen atoms in total. The number of amides is 2. The molecule has 1 aliphatic rings. The molecule has 1 atom stereocenters. The molecule has 37 heavy (non-hydrogen) atoms. The Labute approximate surface area is 226 Å². The van der Waals surface area contributed by atoms with Gasteiger partial charge in [0, 0.05) is 19.0 Å². The number of rotatable bonds is 10. The number of benzene rings is 3. The number of halogens is 3. The molecule has 4 rings (SSSR count). The average molecular weight is 543 g/mol. The number of carbonyl (C=O) groups excluding carboxylic acids is 2. The van der Waals surface area contributed by atoms with Crippen molar-refractivity contribution in [1.82, 2.24) is 10.2 Å². The van der Waals surface area contributed by atoms with Crippen molar-refractivity contribution in [3.63, 3.8) is 0 Å². The first-order valence-corrected chi connectivity index (χ1v) is 13.1. The van der Waals surface area contributed by atoms with Crippen LogP contribution < -0.4 is 10.1 Å². The summed E-state index contributed by atoms with van der Waals surface area (Å²) in [5.74, 6) is -1.27. The van der Waals surface area contributed by atoms with E-state index in [2.05, 4.69) is 5.32 Å². The molecule has 0 unspecified atom stereocenters. The topological polar surface area (TPSA) is 58.6 Å². The molecule has 8 heteroatoms. The van der Waals surface area contributed by atoms with Gasteiger partial charge in [-0.1, -0.05) is 84.6 Å². The van der Waals surface area contributed by atoms with E-state index >= 15 is 0 Å². The number of nitrogens with zero attached hydrogens (tertiary/aromatic N) is 1. The van der Waals surface area contributed by atoms with Crippen molar-refractivity contribution >= 4 is 35.0 Å². The molecule has 0 saturated heterocycles. The minimum absolute atomic E-state index is 0.0275. The van der Waals surface area contributed by atoms with Gasteiger partial charge in [-0.05, 0) is 48.2 Å². The van der Waals surface area contributed by atoms with Gasteiger partial charge in [0.1, 0.15) is 6.04 Å². The summed E-state index contributed by atoms with van der Waals surface area (Å²) in [4.78, 5) is 28.7. The number of nitrogens with one attached hydrogen (secondary N) is 1. The molecule has 0 aromatic heterocycles. The molecule has 0 heterocycles. The molecule has 3 aromatic carbocycles. The first-order chi connectivity index (χ1) is 17.9. The number of carbonyl (C=O) groups is 2. The van der Waals surface area contributed by atoms with Crippen LogP contribution in [0.2, 0.25) is 10.0 Å². The van der Waals surface area contributed by atoms with Gasteiger partial charge in [0.25, 0.3) is 5.91 Å². The quantitative estimate of drug-likeness (QED) is 0.331. The second-order valence-electron chi connectivity index (χ2n) is 9.18. The lowest BCUT2D eigenvalue weighted by molar-refractivity contribution is -0.143. The van der Waals surface area contributed by atoms with Crippen molar-refractivity contribution in [3.8, 4) is 5.75 Å². The summed E-state index contributed by atoms with van der Waals surface area (Å²) in [5, 5.41) is 3.89. The fourth-order valence-electron chi connectivity index (χ4n) is 4.54. The molecule has 0 spiro atoms. The van der Waals surface area contributed by atoms with Gasteiger partial charge in [0.05, 0.1) is 10.0 Å². The lowest BCUT2D eigenvalue weighted by atomic mass is 10.0. The molecule has 0 radical (unpaired) electrons. The van der Waals surface area contributed by atoms with E-state index in [0.717, 1.165) is 31.2 Å². The van der Waals surface area contributed by atoms with Gasteiger partial charge in [-0.2, -0.15) is 0 Å². The summed E-state index contributed by atoms with van der Waals surface area (Å²) in [7, 11) is 0. The van der Waals surface area contributed by atoms with E-state index < -0.39 is 24.4 Å². The summed E-state index contributed by atoms with van der Waals surface area (Å²) in [6, 6.07) is 19.8. The van der Waals surface area contributed by atoms with Crippen molar-refractivity contribution in [3.05, 3.63) is 99.8 Å². The highest BCUT2D eigenvalue weighted by Crippen LogP contribution is 2.25. The van der Waals surface area contributed by atoms with Crippen molar-refractivity contribution in [2.24, 2.45) is 0 Å². The van der Waals surface area contributed by atoms with Gasteiger partial charge in [-0.15, -0.1) is 0 Å². The minimum Gasteiger partial charge on any atom is -0.481 e. The lowest BCUT2D eigenvalue weighted by Crippen LogP contribution is -2.53. The van der Waals surface area contributed by atoms with Gasteiger partial charge in [-0.3, -0.25) is 9.59 Å². The number of para-hydroxylation sites is 1. The van der Waals surface area contributed by atoms with Gasteiger partial charge in [0.15, 0.2) is 18.2 Å². The van der Waals surface area contributed by atoms with Crippen LogP contribution in [0.25, 0.3) is 0 Å². The van der Waals surface area contributed by atoms with E-state index in [1.807, 2.05) is 30.3 Å². The summed E-state index contributed by atoms with van der Waals surface area (Å²) in [6.45, 7) is -0.323. The van der Waals surface area contributed by atoms with Gasteiger partial charge in [0.2, 0.25) is 5.91 Å². The van der Waals surface area contributed by atoms with E-state index in [-0.39, 0.29) is 24.2 Å². The molecular formula is C29H29Cl2FN2O3. The SMILES string of the molecule is O=C(NC1CCCC1)[C@H](Cc1ccccc1)N(Cc1ccc(Cl)c(Cl)c1)C(=O)COc1ccccc1F. The largest absolute Gasteiger partial charge is 0.481 e. The molecule has 1 saturated carbocycles. The highest BCUT2D eigenvalue weighted by Gasteiger charge is 2.32. The fraction of sp³-hybridized carbons (Fsp3) is 0.310. The highest BCUT2D eigenvalue weighted by molar-refractivity contribution is 6.42. The van der Waals surface area contributed by atoms with Crippen LogP contribution in [-0.4, -0.2) is 35.4 Å². The third kappa shape index (κ3) is 7.46. The first kappa shape index (κ1) is 27.0. The summed E-state index contributed by atoms with van der Waals surface area (Å²) < 4.78 is 19.7. The Kier molecular flexibility index (Phi) is 9.42. The van der Waals surface area contributed by atoms with E-state index in [1.165, 1.54) is 17.0 Å². The first-order valence-electron chi connectivity index (χ1n) is 12.4. The van der Waals surface area contributed by atoms with Crippen LogP contribution in [0.3, 0.4) is 0 Å². The Morgan fingerprint density at radius 3 is 2.35 bits per heavy atom. The third-order valence-corrected chi connectivity index (χ3v) is 7.24. The van der Waals surface area contributed by atoms with E-state index in [4.69, 9.17) is 27.9 Å². The van der Waals surface area contributed by atoms with Gasteiger partial charge < -0.3 is 15.0 Å². The van der Waals surface area contributed by atoms with E-state index in [1.54, 1.807) is 30.3 Å². The zero-order chi connectivity index (χ0) is 26.2. The summed E-state index contributed by atoms with van der Waals surface area (Å²) >= 11 is 12.3. The number of hydrogen-bond donors (Lipinski definition) is 1. The Balaban J connectivity index is 1.63. The molecule has 1 aliphatic carbocycles. The second-order valence-corrected chi connectivity index (χ2v) is 10.00. The van der Waals surface area contributed by atoms with Crippen molar-refractivity contribution in [2.75, 3.05) is 6.61 Å². The molecule has 1 fully saturated rings. The van der Waals surface area contributed by atoms with Crippen LogP contribution in [0.15, 0.2) is 72.8 Å². The predicted molar refractivity (Wildman–Crippen MR) is 143 cm³/mol. The van der Waals surface area contributed by atoms with Crippen LogP contribution >= 0.6 is 23.2 Å². The molecule has 0 bridgehead atoms. The molecule has 1 N–H and O–H groups in total. The van der Waals surface area contributed by atoms with E-state index in [9.17, 15) is 14.0 Å². The highest BCUT2D eigenvalue weighted by atomic mass is 35.5. The standard InChI is InChI=1S/C29H29Cl2FN2O3/c30-23-15-14-21(16-24(23)31)18-34(28(35)19-37-27-13-7-6-12-25(27)32)26(17-20-8-2-1-3-9-20)29(36)33-22-10-4-5-11-22/h1-3,6-9,12-16,22,26H,4-5,10-11,17-19H2,(H,33,36)/t26-/m0/s1. The maximum Gasteiger partial charge on any atom is 0.261 e. The Bertz CT molecular complexity index is 1220. The summed E-state index contributed by atoms with van der Waals surface area (Å²) in [6.07, 6.45) is 4.28. The lowest BCUT2D eigenvalue weighted by Gasteiger charge is -2.32. The Hall–Kier alpha value is -3.09. The van der Waals surface area contributed by atoms with Crippen LogP contribution in [0.4, 0.5) is 4.39 Å². The Morgan fingerprint density at radius 1 is 0.946 bits per heavy atom. The van der Waals surface area contributed by atoms with Crippen LogP contribution in [0.1, 0.15) is 36.8 Å². The van der Waals surface area contributed by atoms with Gasteiger partial charge >= 0.3 is 0 Å². The maximum atomic E-state index is 14.1. The number of hydrogen-bond acceptors (Lipinski definition) is 3. The van der Waals surface area contributed by atoms with Crippen LogP contribution in [0, 0.1) is 5.82 Å². The van der Waals surface area contributed by atoms with Crippen molar-refractivity contribution < 1.29 is 18.7 Å². The van der Waals surface area contributed by atoms with E-state index in [0.29, 0.717) is 22.0 Å². The van der Waals surface area contributed by atoms with Crippen LogP contribution in [0.5, 0.6) is 5.75 Å². The molecule has 2 amide bonds. The third-order valence-electron chi connectivity index (χ3n) is 6.50. The van der Waals surface area contributed by atoms with Crippen molar-refractivity contribution in [2.45, 2.75) is 50.7 Å². The predicted octanol–water partition coefficient (Wildman–Crippen LogP) is 6.21. The van der Waals surface area contributed by atoms with Crippen LogP contribution in [-0.2, 0) is 22.6 Å². The molecule has 194 valence electrons. The zero-order valence-electron chi connectivity index (χ0n) is 20.3. The Morgan fingerprint density at radius 2 is 1.65 bits per heavy atom. The number of ether oxygens (including phenoxy) is 1. The molecule has 3 aromatic rings. The molecule has 0 aliphatic heterocycles. The molecular weight excluding hydrogens is 514 g/mol. The van der Waals surface area contributed by atoms with Gasteiger partial charge in [-0.25, -0.2) is 4.39 Å². The normalized spacial score (nSPS) is 14.2. The summed E-state index contributed by atoms with van der Waals surface area (Å²) in [5.41, 5.74) is 1.62. The maximum absolute atomic E-state index is 14.1. The smallest absolute Gasteiger partial charge is 0.261 e. The monoisotopic (exact) mass is 542 g/mol. The average Bonchev–Trinajstić information content (AvgIpc) is 3.41. The minimum atomic E-state index is -0.811. The second kappa shape index (κ2) is 12.9. The van der Waals surface area contributed by atoms with Crippen molar-refractivity contribution in [1.29, 1.82) is 0 Å². The zero-order valence-corrected chi connectivity index (χ0v) is 21.9.